The van der Waals surface area contributed by atoms with Gasteiger partial charge in [0.25, 0.3) is 0 Å². The Balaban J connectivity index is 2.16. The molecular formula is C13H17N5. The van der Waals surface area contributed by atoms with E-state index in [2.05, 4.69) is 46.0 Å². The lowest BCUT2D eigenvalue weighted by atomic mass is 10.1. The molecule has 94 valence electrons. The predicted octanol–water partition coefficient (Wildman–Crippen LogP) is 1.82. The maximum absolute atomic E-state index is 4.45. The fraction of sp³-hybridized carbons (Fsp3) is 0.385. The molecule has 0 saturated heterocycles. The lowest BCUT2D eigenvalue weighted by molar-refractivity contribution is 0.421. The van der Waals surface area contributed by atoms with Crippen LogP contribution in [0.5, 0.6) is 0 Å². The Morgan fingerprint density at radius 2 is 1.67 bits per heavy atom. The second-order valence-electron chi connectivity index (χ2n) is 5.05. The quantitative estimate of drug-likeness (QED) is 0.891. The molecule has 0 aliphatic carbocycles. The lowest BCUT2D eigenvalue weighted by Crippen LogP contribution is -2.35. The van der Waals surface area contributed by atoms with Crippen LogP contribution in [0.1, 0.15) is 26.5 Å². The van der Waals surface area contributed by atoms with E-state index in [9.17, 15) is 0 Å². The molecule has 5 nitrogen and oxygen atoms in total. The molecule has 0 fully saturated rings. The molecule has 0 radical (unpaired) electrons. The molecule has 2 aromatic heterocycles. The number of aromatic nitrogens is 4. The van der Waals surface area contributed by atoms with Crippen LogP contribution in [0, 0.1) is 0 Å². The van der Waals surface area contributed by atoms with Crippen LogP contribution in [0.15, 0.2) is 30.7 Å². The van der Waals surface area contributed by atoms with Crippen molar-refractivity contribution in [1.29, 1.82) is 0 Å². The van der Waals surface area contributed by atoms with E-state index in [1.807, 2.05) is 6.07 Å². The van der Waals surface area contributed by atoms with Gasteiger partial charge in [-0.15, -0.1) is 0 Å². The van der Waals surface area contributed by atoms with Gasteiger partial charge in [0.15, 0.2) is 11.6 Å². The minimum Gasteiger partial charge on any atom is -0.306 e. The van der Waals surface area contributed by atoms with Gasteiger partial charge in [-0.05, 0) is 32.9 Å². The van der Waals surface area contributed by atoms with Gasteiger partial charge < -0.3 is 5.32 Å². The Morgan fingerprint density at radius 3 is 2.33 bits per heavy atom. The lowest BCUT2D eigenvalue weighted by Gasteiger charge is -2.20. The smallest absolute Gasteiger partial charge is 0.197 e. The van der Waals surface area contributed by atoms with E-state index >= 15 is 0 Å². The molecule has 0 bridgehead atoms. The highest BCUT2D eigenvalue weighted by atomic mass is 15.0. The average molecular weight is 243 g/mol. The monoisotopic (exact) mass is 243 g/mol. The van der Waals surface area contributed by atoms with Gasteiger partial charge in [0.1, 0.15) is 0 Å². The largest absolute Gasteiger partial charge is 0.306 e. The molecule has 0 aliphatic rings. The highest BCUT2D eigenvalue weighted by molar-refractivity contribution is 5.41. The first-order chi connectivity index (χ1) is 8.54. The van der Waals surface area contributed by atoms with E-state index in [1.165, 1.54) is 0 Å². The summed E-state index contributed by atoms with van der Waals surface area (Å²) >= 11 is 0. The number of nitrogens with one attached hydrogen (secondary N) is 1. The third-order valence-electron chi connectivity index (χ3n) is 2.28. The van der Waals surface area contributed by atoms with E-state index in [4.69, 9.17) is 0 Å². The number of nitrogens with zero attached hydrogens (tertiary/aromatic N) is 4. The Kier molecular flexibility index (Phi) is 3.62. The molecule has 0 aromatic carbocycles. The Hall–Kier alpha value is -1.88. The van der Waals surface area contributed by atoms with Gasteiger partial charge in [0, 0.05) is 30.7 Å². The van der Waals surface area contributed by atoms with Crippen LogP contribution in [-0.2, 0) is 6.54 Å². The van der Waals surface area contributed by atoms with Crippen LogP contribution >= 0.6 is 0 Å². The van der Waals surface area contributed by atoms with Gasteiger partial charge in [-0.3, -0.25) is 0 Å². The van der Waals surface area contributed by atoms with Crippen molar-refractivity contribution < 1.29 is 0 Å². The summed E-state index contributed by atoms with van der Waals surface area (Å²) in [5.41, 5.74) is 0.997. The van der Waals surface area contributed by atoms with Gasteiger partial charge in [-0.2, -0.15) is 0 Å². The molecule has 0 spiro atoms. The molecule has 5 heteroatoms. The molecule has 1 N–H and O–H groups in total. The van der Waals surface area contributed by atoms with Crippen LogP contribution in [0.25, 0.3) is 11.6 Å². The van der Waals surface area contributed by atoms with Crippen LogP contribution in [0.3, 0.4) is 0 Å². The summed E-state index contributed by atoms with van der Waals surface area (Å²) in [4.78, 5) is 16.9. The zero-order valence-corrected chi connectivity index (χ0v) is 10.9. The standard InChI is InChI=1S/C13H17N5/c1-13(2,3)17-9-10-5-8-16-12(18-10)11-14-6-4-7-15-11/h4-8,17H,9H2,1-3H3. The summed E-state index contributed by atoms with van der Waals surface area (Å²) < 4.78 is 0. The summed E-state index contributed by atoms with van der Waals surface area (Å²) in [6.07, 6.45) is 5.11. The molecule has 0 atom stereocenters. The summed E-state index contributed by atoms with van der Waals surface area (Å²) in [5.74, 6) is 1.11. The first kappa shape index (κ1) is 12.6. The summed E-state index contributed by atoms with van der Waals surface area (Å²) in [6, 6.07) is 3.67. The molecule has 18 heavy (non-hydrogen) atoms. The van der Waals surface area contributed by atoms with E-state index in [1.54, 1.807) is 24.7 Å². The minimum absolute atomic E-state index is 0.0638. The van der Waals surface area contributed by atoms with E-state index in [0.717, 1.165) is 5.69 Å². The molecule has 0 unspecified atom stereocenters. The topological polar surface area (TPSA) is 63.6 Å². The van der Waals surface area contributed by atoms with Crippen molar-refractivity contribution in [1.82, 2.24) is 25.3 Å². The second kappa shape index (κ2) is 5.18. The number of hydrogen-bond donors (Lipinski definition) is 1. The molecule has 0 aliphatic heterocycles. The first-order valence-corrected chi connectivity index (χ1v) is 5.89. The van der Waals surface area contributed by atoms with Crippen molar-refractivity contribution >= 4 is 0 Å². The molecular weight excluding hydrogens is 226 g/mol. The van der Waals surface area contributed by atoms with Crippen LogP contribution in [-0.4, -0.2) is 25.5 Å². The van der Waals surface area contributed by atoms with E-state index < -0.39 is 0 Å². The third kappa shape index (κ3) is 3.56. The predicted molar refractivity (Wildman–Crippen MR) is 69.7 cm³/mol. The number of rotatable bonds is 3. The highest BCUT2D eigenvalue weighted by Gasteiger charge is 2.10. The fourth-order valence-electron chi connectivity index (χ4n) is 1.37. The summed E-state index contributed by atoms with van der Waals surface area (Å²) in [7, 11) is 0. The van der Waals surface area contributed by atoms with Crippen molar-refractivity contribution in [2.45, 2.75) is 32.9 Å². The van der Waals surface area contributed by atoms with Gasteiger partial charge in [-0.25, -0.2) is 19.9 Å². The number of hydrogen-bond acceptors (Lipinski definition) is 5. The van der Waals surface area contributed by atoms with Crippen LogP contribution in [0.4, 0.5) is 0 Å². The normalized spacial score (nSPS) is 11.5. The van der Waals surface area contributed by atoms with E-state index in [-0.39, 0.29) is 5.54 Å². The molecule has 2 rings (SSSR count). The second-order valence-corrected chi connectivity index (χ2v) is 5.05. The van der Waals surface area contributed by atoms with Gasteiger partial charge in [-0.1, -0.05) is 0 Å². The summed E-state index contributed by atoms with van der Waals surface area (Å²) in [6.45, 7) is 7.06. The maximum atomic E-state index is 4.45. The zero-order chi connectivity index (χ0) is 13.0. The van der Waals surface area contributed by atoms with Gasteiger partial charge in [0.05, 0.1) is 5.69 Å². The van der Waals surface area contributed by atoms with Gasteiger partial charge >= 0.3 is 0 Å². The Bertz CT molecular complexity index is 504. The maximum Gasteiger partial charge on any atom is 0.197 e. The Morgan fingerprint density at radius 1 is 1.00 bits per heavy atom. The molecule has 2 heterocycles. The zero-order valence-electron chi connectivity index (χ0n) is 10.9. The highest BCUT2D eigenvalue weighted by Crippen LogP contribution is 2.08. The van der Waals surface area contributed by atoms with E-state index in [0.29, 0.717) is 18.2 Å². The van der Waals surface area contributed by atoms with Crippen LogP contribution < -0.4 is 5.32 Å². The minimum atomic E-state index is 0.0638. The van der Waals surface area contributed by atoms with Crippen molar-refractivity contribution in [2.24, 2.45) is 0 Å². The molecule has 0 saturated carbocycles. The average Bonchev–Trinajstić information content (AvgIpc) is 2.37. The van der Waals surface area contributed by atoms with Crippen molar-refractivity contribution in [3.05, 3.63) is 36.4 Å². The molecule has 0 amide bonds. The van der Waals surface area contributed by atoms with Crippen molar-refractivity contribution in [2.75, 3.05) is 0 Å². The SMILES string of the molecule is CC(C)(C)NCc1ccnc(-c2ncccn2)n1. The van der Waals surface area contributed by atoms with Crippen molar-refractivity contribution in [3.63, 3.8) is 0 Å². The summed E-state index contributed by atoms with van der Waals surface area (Å²) in [5, 5.41) is 3.39. The fourth-order valence-corrected chi connectivity index (χ4v) is 1.37. The molecule has 2 aromatic rings. The Labute approximate surface area is 107 Å². The first-order valence-electron chi connectivity index (χ1n) is 5.89. The third-order valence-corrected chi connectivity index (χ3v) is 2.28. The van der Waals surface area contributed by atoms with Crippen LogP contribution in [0.2, 0.25) is 0 Å². The van der Waals surface area contributed by atoms with Gasteiger partial charge in [0.2, 0.25) is 0 Å². The van der Waals surface area contributed by atoms with Crippen molar-refractivity contribution in [3.8, 4) is 11.6 Å².